The summed E-state index contributed by atoms with van der Waals surface area (Å²) >= 11 is 0. The fourth-order valence-corrected chi connectivity index (χ4v) is 0.295. The molecule has 0 spiro atoms. The molecule has 1 saturated heterocycles. The van der Waals surface area contributed by atoms with Crippen molar-refractivity contribution < 1.29 is 14.6 Å². The first kappa shape index (κ1) is 9.88. The first-order valence-corrected chi connectivity index (χ1v) is 3.61. The van der Waals surface area contributed by atoms with E-state index in [-0.39, 0.29) is 6.10 Å². The number of hydrogen-bond donors (Lipinski definition) is 1. The van der Waals surface area contributed by atoms with Crippen molar-refractivity contribution in [3.63, 3.8) is 0 Å². The first-order valence-electron chi connectivity index (χ1n) is 3.61. The topological polar surface area (TPSA) is 38.7 Å². The standard InChI is InChI=1S/C4H10O.C3H6O2/c1-3-4(2)5;1-2-5-3-4-1/h4-5H,3H2,1-2H3;1-3H2. The van der Waals surface area contributed by atoms with E-state index in [0.717, 1.165) is 19.6 Å². The molecule has 1 unspecified atom stereocenters. The van der Waals surface area contributed by atoms with Gasteiger partial charge in [-0.25, -0.2) is 0 Å². The average molecular weight is 148 g/mol. The molecule has 0 aromatic heterocycles. The summed E-state index contributed by atoms with van der Waals surface area (Å²) in [6.07, 6.45) is 0.745. The highest BCUT2D eigenvalue weighted by Crippen LogP contribution is 1.85. The molecule has 0 amide bonds. The zero-order chi connectivity index (χ0) is 7.82. The molecule has 3 heteroatoms. The third-order valence-electron chi connectivity index (χ3n) is 1.13. The fourth-order valence-electron chi connectivity index (χ4n) is 0.295. The van der Waals surface area contributed by atoms with Crippen molar-refractivity contribution in [2.45, 2.75) is 26.4 Å². The van der Waals surface area contributed by atoms with Crippen LogP contribution in [0.3, 0.4) is 0 Å². The van der Waals surface area contributed by atoms with E-state index in [0.29, 0.717) is 6.79 Å². The van der Waals surface area contributed by atoms with E-state index in [1.54, 1.807) is 6.92 Å². The van der Waals surface area contributed by atoms with E-state index < -0.39 is 0 Å². The molecule has 0 radical (unpaired) electrons. The second-order valence-electron chi connectivity index (χ2n) is 2.19. The van der Waals surface area contributed by atoms with E-state index in [9.17, 15) is 0 Å². The molecular weight excluding hydrogens is 132 g/mol. The molecule has 1 N–H and O–H groups in total. The summed E-state index contributed by atoms with van der Waals surface area (Å²) < 4.78 is 9.44. The smallest absolute Gasteiger partial charge is 0.146 e. The zero-order valence-electron chi connectivity index (χ0n) is 6.67. The van der Waals surface area contributed by atoms with Gasteiger partial charge < -0.3 is 14.6 Å². The Hall–Kier alpha value is -0.120. The number of ether oxygens (including phenoxy) is 2. The van der Waals surface area contributed by atoms with Crippen molar-refractivity contribution in [1.82, 2.24) is 0 Å². The normalized spacial score (nSPS) is 19.5. The van der Waals surface area contributed by atoms with Crippen molar-refractivity contribution in [3.8, 4) is 0 Å². The van der Waals surface area contributed by atoms with Gasteiger partial charge in [0.1, 0.15) is 6.79 Å². The van der Waals surface area contributed by atoms with E-state index in [4.69, 9.17) is 14.6 Å². The number of aliphatic hydroxyl groups excluding tert-OH is 1. The molecule has 1 heterocycles. The zero-order valence-corrected chi connectivity index (χ0v) is 6.67. The Labute approximate surface area is 62.0 Å². The minimum atomic E-state index is -0.116. The van der Waals surface area contributed by atoms with Gasteiger partial charge in [0.25, 0.3) is 0 Å². The molecule has 1 aliphatic rings. The number of hydrogen-bond acceptors (Lipinski definition) is 3. The van der Waals surface area contributed by atoms with Gasteiger partial charge in [-0.1, -0.05) is 6.92 Å². The molecule has 0 bridgehead atoms. The van der Waals surface area contributed by atoms with E-state index in [1.807, 2.05) is 6.92 Å². The van der Waals surface area contributed by atoms with Gasteiger partial charge in [0.2, 0.25) is 0 Å². The Kier molecular flexibility index (Phi) is 6.91. The Morgan fingerprint density at radius 1 is 1.40 bits per heavy atom. The maximum atomic E-state index is 8.36. The molecule has 0 aromatic carbocycles. The maximum absolute atomic E-state index is 8.36. The molecular formula is C7H16O3. The Morgan fingerprint density at radius 3 is 1.90 bits per heavy atom. The van der Waals surface area contributed by atoms with Crippen LogP contribution in [0.1, 0.15) is 20.3 Å². The lowest BCUT2D eigenvalue weighted by atomic mass is 10.3. The molecule has 1 rings (SSSR count). The summed E-state index contributed by atoms with van der Waals surface area (Å²) in [4.78, 5) is 0. The molecule has 10 heavy (non-hydrogen) atoms. The highest BCUT2D eigenvalue weighted by atomic mass is 16.7. The van der Waals surface area contributed by atoms with E-state index in [1.165, 1.54) is 0 Å². The van der Waals surface area contributed by atoms with Crippen LogP contribution in [0.25, 0.3) is 0 Å². The SMILES string of the molecule is C1COCO1.CCC(C)O. The van der Waals surface area contributed by atoms with Gasteiger partial charge >= 0.3 is 0 Å². The van der Waals surface area contributed by atoms with Crippen LogP contribution in [-0.2, 0) is 9.47 Å². The summed E-state index contributed by atoms with van der Waals surface area (Å²) in [6, 6.07) is 0. The Morgan fingerprint density at radius 2 is 1.80 bits per heavy atom. The van der Waals surface area contributed by atoms with Gasteiger partial charge in [0.05, 0.1) is 19.3 Å². The molecule has 3 nitrogen and oxygen atoms in total. The van der Waals surface area contributed by atoms with Crippen molar-refractivity contribution in [2.75, 3.05) is 20.0 Å². The summed E-state index contributed by atoms with van der Waals surface area (Å²) in [6.45, 7) is 5.78. The van der Waals surface area contributed by atoms with Crippen molar-refractivity contribution in [3.05, 3.63) is 0 Å². The van der Waals surface area contributed by atoms with Crippen molar-refractivity contribution >= 4 is 0 Å². The van der Waals surface area contributed by atoms with Gasteiger partial charge in [-0.3, -0.25) is 0 Å². The average Bonchev–Trinajstić information content (AvgIpc) is 2.43. The lowest BCUT2D eigenvalue weighted by Gasteiger charge is -1.90. The molecule has 1 fully saturated rings. The molecule has 62 valence electrons. The van der Waals surface area contributed by atoms with E-state index in [2.05, 4.69) is 0 Å². The molecule has 1 aliphatic heterocycles. The van der Waals surface area contributed by atoms with Gasteiger partial charge in [0.15, 0.2) is 0 Å². The van der Waals surface area contributed by atoms with Gasteiger partial charge in [-0.15, -0.1) is 0 Å². The minimum Gasteiger partial charge on any atom is -0.393 e. The Bertz CT molecular complexity index is 52.3. The summed E-state index contributed by atoms with van der Waals surface area (Å²) in [5.41, 5.74) is 0. The molecule has 0 aromatic rings. The number of rotatable bonds is 1. The Balaban J connectivity index is 0.000000162. The largest absolute Gasteiger partial charge is 0.393 e. The third kappa shape index (κ3) is 7.88. The molecule has 1 atom stereocenters. The van der Waals surface area contributed by atoms with Crippen LogP contribution in [0.2, 0.25) is 0 Å². The lowest BCUT2D eigenvalue weighted by Crippen LogP contribution is -1.93. The summed E-state index contributed by atoms with van der Waals surface area (Å²) in [7, 11) is 0. The second kappa shape index (κ2) is 6.99. The van der Waals surface area contributed by atoms with Crippen LogP contribution in [0.4, 0.5) is 0 Å². The van der Waals surface area contributed by atoms with Crippen LogP contribution in [0.15, 0.2) is 0 Å². The molecule has 0 aliphatic carbocycles. The highest BCUT2D eigenvalue weighted by Gasteiger charge is 1.93. The maximum Gasteiger partial charge on any atom is 0.146 e. The van der Waals surface area contributed by atoms with Crippen LogP contribution < -0.4 is 0 Å². The van der Waals surface area contributed by atoms with Gasteiger partial charge in [-0.2, -0.15) is 0 Å². The second-order valence-corrected chi connectivity index (χ2v) is 2.19. The monoisotopic (exact) mass is 148 g/mol. The quantitative estimate of drug-likeness (QED) is 0.597. The third-order valence-corrected chi connectivity index (χ3v) is 1.13. The predicted molar refractivity (Wildman–Crippen MR) is 38.7 cm³/mol. The predicted octanol–water partition coefficient (Wildman–Crippen LogP) is 0.768. The van der Waals surface area contributed by atoms with Crippen LogP contribution >= 0.6 is 0 Å². The van der Waals surface area contributed by atoms with E-state index >= 15 is 0 Å². The molecule has 0 saturated carbocycles. The van der Waals surface area contributed by atoms with Crippen LogP contribution in [0.5, 0.6) is 0 Å². The lowest BCUT2D eigenvalue weighted by molar-refractivity contribution is 0.0692. The van der Waals surface area contributed by atoms with Crippen LogP contribution in [-0.4, -0.2) is 31.2 Å². The summed E-state index contributed by atoms with van der Waals surface area (Å²) in [5, 5.41) is 8.36. The van der Waals surface area contributed by atoms with Crippen molar-refractivity contribution in [2.24, 2.45) is 0 Å². The minimum absolute atomic E-state index is 0.116. The first-order chi connectivity index (χ1) is 4.77. The van der Waals surface area contributed by atoms with Gasteiger partial charge in [0, 0.05) is 0 Å². The highest BCUT2D eigenvalue weighted by molar-refractivity contribution is 4.34. The van der Waals surface area contributed by atoms with Gasteiger partial charge in [-0.05, 0) is 13.3 Å². The van der Waals surface area contributed by atoms with Crippen LogP contribution in [0, 0.1) is 0 Å². The fraction of sp³-hybridized carbons (Fsp3) is 1.00. The summed E-state index contributed by atoms with van der Waals surface area (Å²) in [5.74, 6) is 0. The van der Waals surface area contributed by atoms with Crippen molar-refractivity contribution in [1.29, 1.82) is 0 Å². The number of aliphatic hydroxyl groups is 1.